The Morgan fingerprint density at radius 2 is 1.26 bits per heavy atom. The Balaban J connectivity index is 1.94. The van der Waals surface area contributed by atoms with Gasteiger partial charge >= 0.3 is 6.18 Å². The quantitative estimate of drug-likeness (QED) is 0.247. The number of carbonyl (C=O) groups excluding carboxylic acids is 3. The normalized spacial score (nSPS) is 13.6. The summed E-state index contributed by atoms with van der Waals surface area (Å²) in [5.74, 6) is -4.53. The number of methoxy groups -OCH3 is 1. The average molecular weight is 623 g/mol. The summed E-state index contributed by atoms with van der Waals surface area (Å²) in [6.45, 7) is 2.79. The van der Waals surface area contributed by atoms with Crippen LogP contribution in [0.4, 0.5) is 13.2 Å². The van der Waals surface area contributed by atoms with Gasteiger partial charge in [-0.2, -0.15) is 13.2 Å². The van der Waals surface area contributed by atoms with Crippen LogP contribution >= 0.6 is 23.2 Å². The van der Waals surface area contributed by atoms with Crippen molar-refractivity contribution in [2.75, 3.05) is 7.11 Å². The van der Waals surface area contributed by atoms with Crippen LogP contribution in [-0.4, -0.2) is 43.0 Å². The number of hydrogen-bond acceptors (Lipinski definition) is 4. The molecule has 0 heterocycles. The number of amides is 2. The zero-order valence-electron chi connectivity index (χ0n) is 23.2. The molecule has 0 aliphatic heterocycles. The van der Waals surface area contributed by atoms with E-state index in [1.54, 1.807) is 60.7 Å². The summed E-state index contributed by atoms with van der Waals surface area (Å²) < 4.78 is 45.1. The van der Waals surface area contributed by atoms with Crippen molar-refractivity contribution in [3.8, 4) is 5.75 Å². The molecule has 2 amide bonds. The van der Waals surface area contributed by atoms with Gasteiger partial charge in [-0.1, -0.05) is 73.4 Å². The lowest BCUT2D eigenvalue weighted by Gasteiger charge is -2.27. The number of alkyl halides is 3. The van der Waals surface area contributed by atoms with Crippen LogP contribution in [0.1, 0.15) is 36.5 Å². The summed E-state index contributed by atoms with van der Waals surface area (Å²) in [5.41, 5.74) is 2.02. The van der Waals surface area contributed by atoms with Gasteiger partial charge in [0.2, 0.25) is 11.8 Å². The van der Waals surface area contributed by atoms with Crippen LogP contribution in [0.25, 0.3) is 0 Å². The van der Waals surface area contributed by atoms with Crippen LogP contribution < -0.4 is 15.4 Å². The van der Waals surface area contributed by atoms with Crippen molar-refractivity contribution >= 4 is 40.8 Å². The molecule has 0 unspecified atom stereocenters. The monoisotopic (exact) mass is 622 g/mol. The molecule has 2 N–H and O–H groups in total. The highest BCUT2D eigenvalue weighted by Gasteiger charge is 2.45. The predicted molar refractivity (Wildman–Crippen MR) is 156 cm³/mol. The fourth-order valence-electron chi connectivity index (χ4n) is 4.36. The van der Waals surface area contributed by atoms with E-state index in [-0.39, 0.29) is 12.8 Å². The molecule has 0 aliphatic rings. The van der Waals surface area contributed by atoms with Crippen molar-refractivity contribution in [2.24, 2.45) is 5.92 Å². The lowest BCUT2D eigenvalue weighted by molar-refractivity contribution is -0.175. The standard InChI is InChI=1S/C31H31Cl2F3N2O4/c1-18(2)27(28(39)31(34,35)36)38-30(41)26(17-20-4-10-22(32)11-5-20)37-29(40)25(21-8-12-23(33)13-9-21)16-19-6-14-24(42-3)15-7-19/h4-15,18,25-27H,16-17H2,1-3H3,(H,37,40)(H,38,41)/t25-,26-,27-/m0/s1. The SMILES string of the molecule is COc1ccc(C[C@H](C(=O)N[C@@H](Cc2ccc(Cl)cc2)C(=O)N[C@H](C(=O)C(F)(F)F)C(C)C)c2ccc(Cl)cc2)cc1. The molecule has 0 spiro atoms. The lowest BCUT2D eigenvalue weighted by atomic mass is 9.90. The Bertz CT molecular complexity index is 1360. The van der Waals surface area contributed by atoms with Crippen molar-refractivity contribution in [1.29, 1.82) is 0 Å². The van der Waals surface area contributed by atoms with E-state index in [1.807, 2.05) is 12.1 Å². The largest absolute Gasteiger partial charge is 0.497 e. The maximum Gasteiger partial charge on any atom is 0.452 e. The van der Waals surface area contributed by atoms with Crippen LogP contribution in [0.2, 0.25) is 10.0 Å². The smallest absolute Gasteiger partial charge is 0.452 e. The minimum Gasteiger partial charge on any atom is -0.497 e. The second-order valence-corrected chi connectivity index (χ2v) is 11.0. The molecule has 0 saturated heterocycles. The number of halogens is 5. The summed E-state index contributed by atoms with van der Waals surface area (Å²) in [6, 6.07) is 17.1. The number of Topliss-reactive ketones (excluding diaryl/α,β-unsaturated/α-hetero) is 1. The van der Waals surface area contributed by atoms with Crippen molar-refractivity contribution in [1.82, 2.24) is 10.6 Å². The van der Waals surface area contributed by atoms with Crippen molar-refractivity contribution < 1.29 is 32.3 Å². The minimum atomic E-state index is -5.14. The average Bonchev–Trinajstić information content (AvgIpc) is 2.95. The molecule has 42 heavy (non-hydrogen) atoms. The van der Waals surface area contributed by atoms with Crippen LogP contribution in [0.5, 0.6) is 5.75 Å². The van der Waals surface area contributed by atoms with Crippen molar-refractivity contribution in [3.63, 3.8) is 0 Å². The Hall–Kier alpha value is -3.56. The maximum atomic E-state index is 13.8. The zero-order valence-corrected chi connectivity index (χ0v) is 24.7. The van der Waals surface area contributed by atoms with Gasteiger partial charge in [0.1, 0.15) is 11.8 Å². The highest BCUT2D eigenvalue weighted by atomic mass is 35.5. The first kappa shape index (κ1) is 32.9. The second-order valence-electron chi connectivity index (χ2n) is 10.1. The van der Waals surface area contributed by atoms with E-state index in [2.05, 4.69) is 10.6 Å². The van der Waals surface area contributed by atoms with Crippen LogP contribution in [-0.2, 0) is 27.2 Å². The van der Waals surface area contributed by atoms with E-state index >= 15 is 0 Å². The molecule has 3 aromatic rings. The fraction of sp³-hybridized carbons (Fsp3) is 0.323. The Morgan fingerprint density at radius 1 is 0.762 bits per heavy atom. The molecule has 3 aromatic carbocycles. The molecule has 11 heteroatoms. The van der Waals surface area contributed by atoms with Crippen LogP contribution in [0.3, 0.4) is 0 Å². The number of rotatable bonds is 12. The number of ether oxygens (including phenoxy) is 1. The molecule has 0 aliphatic carbocycles. The Morgan fingerprint density at radius 3 is 1.76 bits per heavy atom. The predicted octanol–water partition coefficient (Wildman–Crippen LogP) is 6.33. The summed E-state index contributed by atoms with van der Waals surface area (Å²) >= 11 is 12.0. The molecule has 6 nitrogen and oxygen atoms in total. The maximum absolute atomic E-state index is 13.8. The van der Waals surface area contributed by atoms with Gasteiger partial charge in [0.25, 0.3) is 5.78 Å². The number of ketones is 1. The summed E-state index contributed by atoms with van der Waals surface area (Å²) in [6.07, 6.45) is -4.96. The first-order chi connectivity index (χ1) is 19.8. The van der Waals surface area contributed by atoms with E-state index in [0.29, 0.717) is 26.9 Å². The number of hydrogen-bond donors (Lipinski definition) is 2. The van der Waals surface area contributed by atoms with Gasteiger partial charge in [-0.3, -0.25) is 14.4 Å². The first-order valence-corrected chi connectivity index (χ1v) is 13.9. The third-order valence-corrected chi connectivity index (χ3v) is 7.20. The number of benzene rings is 3. The minimum absolute atomic E-state index is 0.0599. The highest BCUT2D eigenvalue weighted by molar-refractivity contribution is 6.30. The zero-order chi connectivity index (χ0) is 31.0. The highest BCUT2D eigenvalue weighted by Crippen LogP contribution is 2.26. The van der Waals surface area contributed by atoms with Crippen molar-refractivity contribution in [3.05, 3.63) is 99.5 Å². The molecular formula is C31H31Cl2F3N2O4. The van der Waals surface area contributed by atoms with E-state index in [9.17, 15) is 27.6 Å². The third-order valence-electron chi connectivity index (χ3n) is 6.70. The summed E-state index contributed by atoms with van der Waals surface area (Å²) in [7, 11) is 1.54. The molecule has 224 valence electrons. The molecule has 0 bridgehead atoms. The topological polar surface area (TPSA) is 84.5 Å². The second kappa shape index (κ2) is 14.6. The van der Waals surface area contributed by atoms with Gasteiger partial charge in [0.15, 0.2) is 0 Å². The summed E-state index contributed by atoms with van der Waals surface area (Å²) in [5, 5.41) is 5.87. The van der Waals surface area contributed by atoms with E-state index in [0.717, 1.165) is 5.56 Å². The Kier molecular flexibility index (Phi) is 11.4. The van der Waals surface area contributed by atoms with E-state index < -0.39 is 47.7 Å². The van der Waals surface area contributed by atoms with Gasteiger partial charge < -0.3 is 15.4 Å². The van der Waals surface area contributed by atoms with Crippen molar-refractivity contribution in [2.45, 2.75) is 50.9 Å². The Labute approximate surface area is 252 Å². The van der Waals surface area contributed by atoms with E-state index in [1.165, 1.54) is 21.0 Å². The molecule has 0 fully saturated rings. The molecule has 0 saturated carbocycles. The molecular weight excluding hydrogens is 592 g/mol. The van der Waals surface area contributed by atoms with Crippen LogP contribution in [0, 0.1) is 5.92 Å². The molecule has 3 rings (SSSR count). The number of carbonyl (C=O) groups is 3. The third kappa shape index (κ3) is 9.22. The number of nitrogens with one attached hydrogen (secondary N) is 2. The van der Waals surface area contributed by atoms with E-state index in [4.69, 9.17) is 27.9 Å². The van der Waals surface area contributed by atoms with Gasteiger partial charge in [0.05, 0.1) is 19.1 Å². The molecule has 3 atom stereocenters. The fourth-order valence-corrected chi connectivity index (χ4v) is 4.61. The van der Waals surface area contributed by atoms with Crippen LogP contribution in [0.15, 0.2) is 72.8 Å². The lowest BCUT2D eigenvalue weighted by Crippen LogP contribution is -2.56. The molecule has 0 aromatic heterocycles. The van der Waals surface area contributed by atoms with Gasteiger partial charge in [-0.05, 0) is 65.4 Å². The van der Waals surface area contributed by atoms with Gasteiger partial charge in [-0.25, -0.2) is 0 Å². The first-order valence-electron chi connectivity index (χ1n) is 13.1. The summed E-state index contributed by atoms with van der Waals surface area (Å²) in [4.78, 5) is 39.3. The molecule has 0 radical (unpaired) electrons. The van der Waals surface area contributed by atoms with Gasteiger partial charge in [-0.15, -0.1) is 0 Å². The van der Waals surface area contributed by atoms with Gasteiger partial charge in [0, 0.05) is 16.5 Å².